The monoisotopic (exact) mass is 412 g/mol. The first-order valence-corrected chi connectivity index (χ1v) is 11.3. The number of pyridine rings is 1. The predicted molar refractivity (Wildman–Crippen MR) is 134 cm³/mol. The Bertz CT molecular complexity index is 1980. The third kappa shape index (κ3) is 1.72. The van der Waals surface area contributed by atoms with Crippen molar-refractivity contribution in [3.05, 3.63) is 78.0 Å². The molecule has 0 atom stereocenters. The van der Waals surface area contributed by atoms with Crippen molar-refractivity contribution in [3.8, 4) is 0 Å². The third-order valence-electron chi connectivity index (χ3n) is 7.74. The highest BCUT2D eigenvalue weighted by molar-refractivity contribution is 6.38. The van der Waals surface area contributed by atoms with Gasteiger partial charge >= 0.3 is 0 Å². The van der Waals surface area contributed by atoms with Crippen LogP contribution in [0, 0.1) is 13.8 Å². The Morgan fingerprint density at radius 3 is 2.38 bits per heavy atom. The molecule has 0 spiro atoms. The summed E-state index contributed by atoms with van der Waals surface area (Å²) < 4.78 is 7.39. The molecule has 0 saturated heterocycles. The summed E-state index contributed by atoms with van der Waals surface area (Å²) in [7, 11) is 2.21. The van der Waals surface area contributed by atoms with Gasteiger partial charge in [0.2, 0.25) is 12.2 Å². The molecular weight excluding hydrogens is 390 g/mol. The summed E-state index contributed by atoms with van der Waals surface area (Å²) in [6, 6.07) is 22.8. The lowest BCUT2D eigenvalue weighted by Crippen LogP contribution is -2.37. The lowest BCUT2D eigenvalue weighted by molar-refractivity contribution is -0.674. The Morgan fingerprint density at radius 2 is 1.50 bits per heavy atom. The molecule has 32 heavy (non-hydrogen) atoms. The summed E-state index contributed by atoms with van der Waals surface area (Å²) in [6.07, 6.45) is 2.27. The molecule has 8 rings (SSSR count). The maximum absolute atomic E-state index is 2.55. The molecule has 0 aliphatic carbocycles. The Morgan fingerprint density at radius 1 is 0.719 bits per heavy atom. The summed E-state index contributed by atoms with van der Waals surface area (Å²) in [5.74, 6) is 0. The van der Waals surface area contributed by atoms with E-state index in [1.165, 1.54) is 76.4 Å². The highest BCUT2D eigenvalue weighted by atomic mass is 15.2. The summed E-state index contributed by atoms with van der Waals surface area (Å²) >= 11 is 0. The number of hydrogen-bond donors (Lipinski definition) is 0. The Labute approximate surface area is 184 Å². The third-order valence-corrected chi connectivity index (χ3v) is 7.74. The molecule has 0 N–H and O–H groups in total. The van der Waals surface area contributed by atoms with Gasteiger partial charge in [0.1, 0.15) is 5.52 Å². The van der Waals surface area contributed by atoms with Gasteiger partial charge in [0, 0.05) is 29.3 Å². The average Bonchev–Trinajstić information content (AvgIpc) is 3.23. The first kappa shape index (κ1) is 16.8. The van der Waals surface area contributed by atoms with E-state index in [-0.39, 0.29) is 0 Å². The molecule has 1 aliphatic rings. The van der Waals surface area contributed by atoms with Gasteiger partial charge in [-0.15, -0.1) is 0 Å². The SMILES string of the molecule is Cc1ccc2c(c1)c1c3ccccc3c3ccc4c5c3c1n2C[n+]1ccc(C)c(c51)n4C. The Kier molecular flexibility index (Phi) is 2.78. The van der Waals surface area contributed by atoms with Gasteiger partial charge in [-0.3, -0.25) is 4.57 Å². The predicted octanol–water partition coefficient (Wildman–Crippen LogP) is 6.47. The number of aromatic nitrogens is 3. The van der Waals surface area contributed by atoms with Gasteiger partial charge in [0.05, 0.1) is 21.9 Å². The number of rotatable bonds is 0. The highest BCUT2D eigenvalue weighted by Crippen LogP contribution is 2.46. The minimum absolute atomic E-state index is 0.821. The lowest BCUT2D eigenvalue weighted by atomic mass is 9.94. The number of benzene rings is 4. The fraction of sp³-hybridized carbons (Fsp3) is 0.138. The molecule has 0 unspecified atom stereocenters. The molecule has 0 fully saturated rings. The van der Waals surface area contributed by atoms with Crippen LogP contribution in [0.25, 0.3) is 65.3 Å². The van der Waals surface area contributed by atoms with Gasteiger partial charge in [-0.2, -0.15) is 4.57 Å². The lowest BCUT2D eigenvalue weighted by Gasteiger charge is -2.10. The van der Waals surface area contributed by atoms with Crippen molar-refractivity contribution in [2.75, 3.05) is 0 Å². The van der Waals surface area contributed by atoms with Crippen LogP contribution in [0.4, 0.5) is 0 Å². The molecule has 3 heteroatoms. The van der Waals surface area contributed by atoms with E-state index >= 15 is 0 Å². The number of aryl methyl sites for hydroxylation is 3. The van der Waals surface area contributed by atoms with Crippen LogP contribution in [0.2, 0.25) is 0 Å². The van der Waals surface area contributed by atoms with Crippen molar-refractivity contribution >= 4 is 65.3 Å². The quantitative estimate of drug-likeness (QED) is 0.200. The molecule has 1 aliphatic heterocycles. The maximum Gasteiger partial charge on any atom is 0.241 e. The highest BCUT2D eigenvalue weighted by Gasteiger charge is 2.29. The van der Waals surface area contributed by atoms with Crippen molar-refractivity contribution in [1.82, 2.24) is 9.13 Å². The van der Waals surface area contributed by atoms with E-state index in [1.807, 2.05) is 0 Å². The topological polar surface area (TPSA) is 13.7 Å². The zero-order valence-corrected chi connectivity index (χ0v) is 18.4. The molecule has 4 heterocycles. The van der Waals surface area contributed by atoms with Crippen LogP contribution in [-0.2, 0) is 13.7 Å². The van der Waals surface area contributed by atoms with Crippen LogP contribution >= 0.6 is 0 Å². The normalized spacial score (nSPS) is 13.3. The molecule has 7 aromatic rings. The van der Waals surface area contributed by atoms with Crippen LogP contribution in [0.5, 0.6) is 0 Å². The zero-order valence-electron chi connectivity index (χ0n) is 18.4. The summed E-state index contributed by atoms with van der Waals surface area (Å²) in [6.45, 7) is 5.25. The number of fused-ring (bicyclic) bond motifs is 6. The molecule has 152 valence electrons. The van der Waals surface area contributed by atoms with E-state index in [4.69, 9.17) is 0 Å². The van der Waals surface area contributed by atoms with Crippen molar-refractivity contribution in [2.24, 2.45) is 7.05 Å². The van der Waals surface area contributed by atoms with E-state index in [1.54, 1.807) is 0 Å². The summed E-state index contributed by atoms with van der Waals surface area (Å²) in [4.78, 5) is 0. The maximum atomic E-state index is 2.55. The van der Waals surface area contributed by atoms with Crippen LogP contribution < -0.4 is 4.57 Å². The van der Waals surface area contributed by atoms with E-state index in [0.717, 1.165) is 6.67 Å². The number of hydrogen-bond acceptors (Lipinski definition) is 0. The van der Waals surface area contributed by atoms with Gasteiger partial charge in [-0.05, 0) is 53.8 Å². The first-order valence-electron chi connectivity index (χ1n) is 11.3. The number of nitrogens with zero attached hydrogens (tertiary/aromatic N) is 3. The average molecular weight is 413 g/mol. The van der Waals surface area contributed by atoms with Gasteiger partial charge in [0.15, 0.2) is 6.20 Å². The fourth-order valence-electron chi connectivity index (χ4n) is 6.42. The van der Waals surface area contributed by atoms with E-state index in [0.29, 0.717) is 0 Å². The van der Waals surface area contributed by atoms with E-state index < -0.39 is 0 Å². The molecule has 4 aromatic carbocycles. The van der Waals surface area contributed by atoms with Gasteiger partial charge < -0.3 is 4.57 Å². The minimum Gasteiger partial charge on any atom is -0.338 e. The molecule has 3 nitrogen and oxygen atoms in total. The molecular formula is C29H22N3+. The second-order valence-electron chi connectivity index (χ2n) is 9.47. The smallest absolute Gasteiger partial charge is 0.241 e. The summed E-state index contributed by atoms with van der Waals surface area (Å²) in [5, 5.41) is 9.58. The van der Waals surface area contributed by atoms with Gasteiger partial charge in [0.25, 0.3) is 0 Å². The van der Waals surface area contributed by atoms with Crippen LogP contribution in [0.1, 0.15) is 11.1 Å². The first-order chi connectivity index (χ1) is 15.6. The standard InChI is InChI=1S/C29H22N3/c1-16-8-10-22-21(14-16)24-19-7-5-4-6-18(19)20-9-11-23-26-25(20)28(24)32(22)15-31-13-12-17(2)27(29(26)31)30(23)3/h4-14H,15H2,1-3H3/q+1. The molecule has 0 amide bonds. The van der Waals surface area contributed by atoms with E-state index in [2.05, 4.69) is 101 Å². The second kappa shape index (κ2) is 5.31. The van der Waals surface area contributed by atoms with Crippen LogP contribution in [-0.4, -0.2) is 9.13 Å². The van der Waals surface area contributed by atoms with E-state index in [9.17, 15) is 0 Å². The van der Waals surface area contributed by atoms with Crippen LogP contribution in [0.15, 0.2) is 66.9 Å². The van der Waals surface area contributed by atoms with Crippen molar-refractivity contribution in [1.29, 1.82) is 0 Å². The Hall–Kier alpha value is -3.85. The Balaban J connectivity index is 1.85. The fourth-order valence-corrected chi connectivity index (χ4v) is 6.42. The summed E-state index contributed by atoms with van der Waals surface area (Å²) in [5.41, 5.74) is 9.32. The van der Waals surface area contributed by atoms with Gasteiger partial charge in [-0.1, -0.05) is 42.0 Å². The molecule has 0 saturated carbocycles. The minimum atomic E-state index is 0.821. The molecule has 0 bridgehead atoms. The van der Waals surface area contributed by atoms with Gasteiger partial charge in [-0.25, -0.2) is 0 Å². The van der Waals surface area contributed by atoms with Crippen molar-refractivity contribution in [3.63, 3.8) is 0 Å². The van der Waals surface area contributed by atoms with Crippen LogP contribution in [0.3, 0.4) is 0 Å². The largest absolute Gasteiger partial charge is 0.338 e. The molecule has 0 radical (unpaired) electrons. The van der Waals surface area contributed by atoms with Crippen molar-refractivity contribution in [2.45, 2.75) is 20.5 Å². The molecule has 3 aromatic heterocycles. The second-order valence-corrected chi connectivity index (χ2v) is 9.47. The van der Waals surface area contributed by atoms with Crippen molar-refractivity contribution < 1.29 is 4.57 Å². The zero-order chi connectivity index (χ0) is 21.3.